The standard InChI is InChI=1S/C24H18N2O6/c27-22-20-16-7-8-17(19-11-18(16)19)21(20)23(28)25(22)13-4-2-6-15(10-13)32-24(29)12-3-1-5-14(9-12)26(30)31/h1-10,16-21H,11H2/t16-,17+,18-,19-,20+,21+/m1/s1. The van der Waals surface area contributed by atoms with Crippen molar-refractivity contribution in [3.63, 3.8) is 0 Å². The highest BCUT2D eigenvalue weighted by Gasteiger charge is 2.67. The molecule has 8 nitrogen and oxygen atoms in total. The zero-order valence-electron chi connectivity index (χ0n) is 16.8. The van der Waals surface area contributed by atoms with Crippen molar-refractivity contribution in [1.82, 2.24) is 0 Å². The van der Waals surface area contributed by atoms with Crippen LogP contribution in [-0.2, 0) is 9.59 Å². The van der Waals surface area contributed by atoms with Crippen LogP contribution in [0.5, 0.6) is 5.75 Å². The van der Waals surface area contributed by atoms with Gasteiger partial charge in [0.15, 0.2) is 0 Å². The maximum atomic E-state index is 13.3. The molecule has 160 valence electrons. The molecule has 5 aliphatic rings. The molecule has 8 heteroatoms. The van der Waals surface area contributed by atoms with Crippen molar-refractivity contribution in [3.8, 4) is 5.75 Å². The summed E-state index contributed by atoms with van der Waals surface area (Å²) in [5.74, 6) is -0.305. The second kappa shape index (κ2) is 6.59. The smallest absolute Gasteiger partial charge is 0.343 e. The third-order valence-corrected chi connectivity index (χ3v) is 7.24. The van der Waals surface area contributed by atoms with E-state index in [1.807, 2.05) is 0 Å². The van der Waals surface area contributed by atoms with Crippen LogP contribution in [0, 0.1) is 45.6 Å². The zero-order chi connectivity index (χ0) is 22.1. The van der Waals surface area contributed by atoms with Gasteiger partial charge in [-0.25, -0.2) is 9.69 Å². The summed E-state index contributed by atoms with van der Waals surface area (Å²) in [6.45, 7) is 0. The van der Waals surface area contributed by atoms with Crippen LogP contribution in [0.4, 0.5) is 11.4 Å². The van der Waals surface area contributed by atoms with Crippen LogP contribution in [0.25, 0.3) is 0 Å². The number of nitrogens with zero attached hydrogens (tertiary/aromatic N) is 2. The molecule has 2 saturated carbocycles. The Bertz CT molecular complexity index is 1200. The number of amides is 2. The molecule has 0 radical (unpaired) electrons. The Morgan fingerprint density at radius 2 is 1.62 bits per heavy atom. The van der Waals surface area contributed by atoms with E-state index in [0.29, 0.717) is 17.5 Å². The number of hydrogen-bond acceptors (Lipinski definition) is 6. The summed E-state index contributed by atoms with van der Waals surface area (Å²) in [6.07, 6.45) is 5.33. The monoisotopic (exact) mass is 430 g/mol. The summed E-state index contributed by atoms with van der Waals surface area (Å²) in [4.78, 5) is 50.6. The molecule has 2 bridgehead atoms. The van der Waals surface area contributed by atoms with Crippen molar-refractivity contribution in [3.05, 3.63) is 76.4 Å². The van der Waals surface area contributed by atoms with Crippen LogP contribution in [0.3, 0.4) is 0 Å². The Kier molecular flexibility index (Phi) is 3.90. The van der Waals surface area contributed by atoms with Crippen molar-refractivity contribution in [2.75, 3.05) is 4.90 Å². The number of non-ortho nitro benzene ring substituents is 1. The fourth-order valence-corrected chi connectivity index (χ4v) is 5.81. The number of hydrogen-bond donors (Lipinski definition) is 0. The lowest BCUT2D eigenvalue weighted by molar-refractivity contribution is -0.384. The average Bonchev–Trinajstić information content (AvgIpc) is 3.57. The predicted octanol–water partition coefficient (Wildman–Crippen LogP) is 3.37. The Morgan fingerprint density at radius 3 is 2.28 bits per heavy atom. The minimum Gasteiger partial charge on any atom is -0.423 e. The third kappa shape index (κ3) is 2.65. The average molecular weight is 430 g/mol. The van der Waals surface area contributed by atoms with Crippen LogP contribution in [0.2, 0.25) is 0 Å². The Balaban J connectivity index is 1.26. The highest BCUT2D eigenvalue weighted by Crippen LogP contribution is 2.65. The molecule has 32 heavy (non-hydrogen) atoms. The SMILES string of the molecule is O=C(Oc1cccc(N2C(=O)[C@H]3[C@@H]4C=C[C@@H]([C@H]5C[C@H]45)[C@@H]3C2=O)c1)c1cccc([N+](=O)[O-])c1. The number of benzene rings is 2. The minimum absolute atomic E-state index is 0.0332. The first-order chi connectivity index (χ1) is 15.4. The van der Waals surface area contributed by atoms with Gasteiger partial charge in [-0.1, -0.05) is 24.3 Å². The van der Waals surface area contributed by atoms with E-state index in [0.717, 1.165) is 12.5 Å². The molecule has 0 unspecified atom stereocenters. The highest BCUT2D eigenvalue weighted by atomic mass is 16.6. The molecular formula is C24H18N2O6. The first-order valence-electron chi connectivity index (χ1n) is 10.6. The zero-order valence-corrected chi connectivity index (χ0v) is 16.8. The summed E-state index contributed by atoms with van der Waals surface area (Å²) in [5, 5.41) is 10.9. The molecule has 4 aliphatic carbocycles. The van der Waals surface area contributed by atoms with Crippen molar-refractivity contribution in [1.29, 1.82) is 0 Å². The lowest BCUT2D eigenvalue weighted by Crippen LogP contribution is -2.40. The van der Waals surface area contributed by atoms with E-state index in [4.69, 9.17) is 4.74 Å². The molecule has 6 atom stereocenters. The van der Waals surface area contributed by atoms with E-state index in [2.05, 4.69) is 12.2 Å². The molecule has 7 rings (SSSR count). The van der Waals surface area contributed by atoms with Crippen LogP contribution >= 0.6 is 0 Å². The van der Waals surface area contributed by atoms with Gasteiger partial charge in [0.1, 0.15) is 5.75 Å². The van der Waals surface area contributed by atoms with E-state index in [-0.39, 0.29) is 52.5 Å². The van der Waals surface area contributed by atoms with Gasteiger partial charge in [0, 0.05) is 18.2 Å². The van der Waals surface area contributed by atoms with Gasteiger partial charge >= 0.3 is 5.97 Å². The largest absolute Gasteiger partial charge is 0.423 e. The first-order valence-corrected chi connectivity index (χ1v) is 10.6. The second-order valence-electron chi connectivity index (χ2n) is 8.86. The molecule has 2 aromatic rings. The molecule has 1 saturated heterocycles. The maximum Gasteiger partial charge on any atom is 0.343 e. The number of imide groups is 1. The van der Waals surface area contributed by atoms with Gasteiger partial charge in [0.05, 0.1) is 28.0 Å². The fourth-order valence-electron chi connectivity index (χ4n) is 5.81. The summed E-state index contributed by atoms with van der Waals surface area (Å²) in [7, 11) is 0. The van der Waals surface area contributed by atoms with Gasteiger partial charge in [0.25, 0.3) is 5.69 Å². The number of rotatable bonds is 4. The van der Waals surface area contributed by atoms with Gasteiger partial charge in [-0.15, -0.1) is 0 Å². The van der Waals surface area contributed by atoms with Gasteiger partial charge < -0.3 is 4.74 Å². The summed E-state index contributed by atoms with van der Waals surface area (Å²) in [6, 6.07) is 11.5. The Hall–Kier alpha value is -3.81. The maximum absolute atomic E-state index is 13.3. The molecule has 0 N–H and O–H groups in total. The van der Waals surface area contributed by atoms with Crippen LogP contribution in [0.15, 0.2) is 60.7 Å². The summed E-state index contributed by atoms with van der Waals surface area (Å²) < 4.78 is 5.38. The molecule has 2 amide bonds. The first kappa shape index (κ1) is 18.9. The topological polar surface area (TPSA) is 107 Å². The van der Waals surface area contributed by atoms with E-state index >= 15 is 0 Å². The number of nitro groups is 1. The molecule has 1 heterocycles. The lowest BCUT2D eigenvalue weighted by Gasteiger charge is -2.37. The molecule has 1 aliphatic heterocycles. The quantitative estimate of drug-likeness (QED) is 0.184. The molecule has 2 aromatic carbocycles. The number of carbonyl (C=O) groups excluding carboxylic acids is 3. The van der Waals surface area contributed by atoms with Crippen LogP contribution < -0.4 is 9.64 Å². The van der Waals surface area contributed by atoms with Gasteiger partial charge in [0.2, 0.25) is 11.8 Å². The number of allylic oxidation sites excluding steroid dienone is 2. The second-order valence-corrected chi connectivity index (χ2v) is 8.86. The number of carbonyl (C=O) groups is 3. The van der Waals surface area contributed by atoms with Gasteiger partial charge in [-0.3, -0.25) is 19.7 Å². The van der Waals surface area contributed by atoms with Crippen LogP contribution in [-0.4, -0.2) is 22.7 Å². The lowest BCUT2D eigenvalue weighted by atomic mass is 9.63. The van der Waals surface area contributed by atoms with E-state index in [1.54, 1.807) is 12.1 Å². The third-order valence-electron chi connectivity index (χ3n) is 7.24. The summed E-state index contributed by atoms with van der Waals surface area (Å²) in [5.41, 5.74) is 0.183. The Morgan fingerprint density at radius 1 is 0.969 bits per heavy atom. The molecule has 0 aromatic heterocycles. The predicted molar refractivity (Wildman–Crippen MR) is 112 cm³/mol. The molecule has 0 spiro atoms. The Labute approximate surface area is 182 Å². The summed E-state index contributed by atoms with van der Waals surface area (Å²) >= 11 is 0. The highest BCUT2D eigenvalue weighted by molar-refractivity contribution is 6.22. The van der Waals surface area contributed by atoms with Gasteiger partial charge in [-0.2, -0.15) is 0 Å². The number of nitro benzene ring substituents is 1. The van der Waals surface area contributed by atoms with Crippen molar-refractivity contribution >= 4 is 29.2 Å². The normalized spacial score (nSPS) is 31.3. The van der Waals surface area contributed by atoms with Crippen molar-refractivity contribution in [2.45, 2.75) is 6.42 Å². The van der Waals surface area contributed by atoms with Gasteiger partial charge in [-0.05, 0) is 48.3 Å². The van der Waals surface area contributed by atoms with E-state index in [1.165, 1.54) is 35.2 Å². The minimum atomic E-state index is -0.763. The van der Waals surface area contributed by atoms with E-state index < -0.39 is 10.9 Å². The van der Waals surface area contributed by atoms with E-state index in [9.17, 15) is 24.5 Å². The number of ether oxygens (including phenoxy) is 1. The number of anilines is 1. The number of esters is 1. The van der Waals surface area contributed by atoms with Crippen molar-refractivity contribution in [2.24, 2.45) is 35.5 Å². The molecular weight excluding hydrogens is 412 g/mol. The fraction of sp³-hybridized carbons (Fsp3) is 0.292. The molecule has 3 fully saturated rings. The van der Waals surface area contributed by atoms with Crippen LogP contribution in [0.1, 0.15) is 16.8 Å². The van der Waals surface area contributed by atoms with Crippen molar-refractivity contribution < 1.29 is 24.0 Å².